The lowest BCUT2D eigenvalue weighted by Crippen LogP contribution is -2.45. The van der Waals surface area contributed by atoms with E-state index in [0.29, 0.717) is 12.0 Å². The van der Waals surface area contributed by atoms with Crippen LogP contribution in [0.15, 0.2) is 24.3 Å². The van der Waals surface area contributed by atoms with Crippen molar-refractivity contribution in [2.75, 3.05) is 33.2 Å². The summed E-state index contributed by atoms with van der Waals surface area (Å²) in [5.41, 5.74) is 1.04. The summed E-state index contributed by atoms with van der Waals surface area (Å²) in [6.45, 7) is 2.07. The number of fused-ring (bicyclic) bond motifs is 1. The topological polar surface area (TPSA) is 65.5 Å². The highest BCUT2D eigenvalue weighted by Crippen LogP contribution is 2.32. The molecule has 1 saturated carbocycles. The maximum atomic E-state index is 12.7. The van der Waals surface area contributed by atoms with Crippen LogP contribution in [0.2, 0.25) is 0 Å². The number of amides is 2. The molecule has 2 heterocycles. The molecule has 1 atom stereocenters. The molecule has 6 nitrogen and oxygen atoms in total. The van der Waals surface area contributed by atoms with Crippen LogP contribution in [-0.4, -0.2) is 65.9 Å². The number of hydrogen-bond acceptors (Lipinski definition) is 5. The number of nitrogens with zero attached hydrogens (tertiary/aromatic N) is 3. The van der Waals surface area contributed by atoms with Crippen LogP contribution in [0.1, 0.15) is 36.6 Å². The van der Waals surface area contributed by atoms with E-state index in [1.165, 1.54) is 4.70 Å². The van der Waals surface area contributed by atoms with Gasteiger partial charge >= 0.3 is 0 Å². The summed E-state index contributed by atoms with van der Waals surface area (Å²) in [7, 11) is 1.83. The number of piperidine rings is 1. The largest absolute Gasteiger partial charge is 0.352 e. The van der Waals surface area contributed by atoms with Gasteiger partial charge in [0, 0.05) is 25.0 Å². The maximum absolute atomic E-state index is 12.7. The molecule has 144 valence electrons. The Morgan fingerprint density at radius 2 is 2.07 bits per heavy atom. The number of likely N-dealkylation sites (N-methyl/N-ethyl adjacent to an activating group) is 1. The van der Waals surface area contributed by atoms with Gasteiger partial charge in [-0.1, -0.05) is 12.1 Å². The van der Waals surface area contributed by atoms with Gasteiger partial charge in [0.2, 0.25) is 11.8 Å². The minimum atomic E-state index is 0.0128. The van der Waals surface area contributed by atoms with Crippen LogP contribution in [0.3, 0.4) is 0 Å². The second-order valence-electron chi connectivity index (χ2n) is 7.71. The van der Waals surface area contributed by atoms with Crippen molar-refractivity contribution in [2.24, 2.45) is 0 Å². The molecule has 2 fully saturated rings. The Morgan fingerprint density at radius 1 is 1.26 bits per heavy atom. The van der Waals surface area contributed by atoms with Gasteiger partial charge in [0.05, 0.1) is 28.3 Å². The number of thiazole rings is 1. The molecule has 0 radical (unpaired) electrons. The summed E-state index contributed by atoms with van der Waals surface area (Å²) < 4.78 is 1.21. The second kappa shape index (κ2) is 7.94. The van der Waals surface area contributed by atoms with Gasteiger partial charge in [0.1, 0.15) is 0 Å². The van der Waals surface area contributed by atoms with Gasteiger partial charge in [-0.2, -0.15) is 0 Å². The summed E-state index contributed by atoms with van der Waals surface area (Å²) in [5.74, 6) is 0.421. The zero-order valence-electron chi connectivity index (χ0n) is 15.7. The fourth-order valence-electron chi connectivity index (χ4n) is 3.60. The van der Waals surface area contributed by atoms with Crippen molar-refractivity contribution in [3.63, 3.8) is 0 Å². The lowest BCUT2D eigenvalue weighted by Gasteiger charge is -2.33. The first-order valence-corrected chi connectivity index (χ1v) is 10.5. The number of benzene rings is 1. The number of likely N-dealkylation sites (tertiary alicyclic amines) is 1. The van der Waals surface area contributed by atoms with E-state index < -0.39 is 0 Å². The predicted octanol–water partition coefficient (Wildman–Crippen LogP) is 2.21. The normalized spacial score (nSPS) is 20.2. The molecule has 0 unspecified atom stereocenters. The minimum absolute atomic E-state index is 0.0128. The molecular weight excluding hydrogens is 360 g/mol. The van der Waals surface area contributed by atoms with E-state index in [2.05, 4.69) is 11.4 Å². The third-order valence-electron chi connectivity index (χ3n) is 5.19. The first-order valence-electron chi connectivity index (χ1n) is 9.69. The van der Waals surface area contributed by atoms with Gasteiger partial charge in [0.15, 0.2) is 0 Å². The van der Waals surface area contributed by atoms with Gasteiger partial charge in [-0.3, -0.25) is 14.5 Å². The number of nitrogens with one attached hydrogen (secondary N) is 1. The highest BCUT2D eigenvalue weighted by molar-refractivity contribution is 7.18. The van der Waals surface area contributed by atoms with Crippen molar-refractivity contribution in [2.45, 2.75) is 37.6 Å². The van der Waals surface area contributed by atoms with Crippen LogP contribution < -0.4 is 5.32 Å². The summed E-state index contributed by atoms with van der Waals surface area (Å²) in [6.07, 6.45) is 4.23. The first-order chi connectivity index (χ1) is 13.1. The van der Waals surface area contributed by atoms with Crippen LogP contribution in [0.4, 0.5) is 0 Å². The van der Waals surface area contributed by atoms with E-state index in [1.54, 1.807) is 16.2 Å². The van der Waals surface area contributed by atoms with Gasteiger partial charge in [-0.05, 0) is 44.9 Å². The van der Waals surface area contributed by atoms with E-state index in [0.717, 1.165) is 49.3 Å². The van der Waals surface area contributed by atoms with E-state index in [-0.39, 0.29) is 24.9 Å². The summed E-state index contributed by atoms with van der Waals surface area (Å²) in [6, 6.07) is 8.55. The molecule has 2 aromatic rings. The van der Waals surface area contributed by atoms with Crippen molar-refractivity contribution in [3.05, 3.63) is 29.3 Å². The van der Waals surface area contributed by atoms with Crippen LogP contribution >= 0.6 is 11.3 Å². The van der Waals surface area contributed by atoms with Gasteiger partial charge in [0.25, 0.3) is 0 Å². The quantitative estimate of drug-likeness (QED) is 0.827. The average Bonchev–Trinajstić information content (AvgIpc) is 3.35. The zero-order valence-corrected chi connectivity index (χ0v) is 16.5. The molecule has 1 aliphatic carbocycles. The first kappa shape index (κ1) is 18.4. The molecule has 0 spiro atoms. The fraction of sp³-hybridized carbons (Fsp3) is 0.550. The number of hydrogen-bond donors (Lipinski definition) is 1. The van der Waals surface area contributed by atoms with Crippen LogP contribution in [0, 0.1) is 0 Å². The lowest BCUT2D eigenvalue weighted by molar-refractivity contribution is -0.133. The molecule has 2 aliphatic rings. The van der Waals surface area contributed by atoms with Crippen molar-refractivity contribution in [1.82, 2.24) is 20.1 Å². The Kier molecular flexibility index (Phi) is 5.41. The number of para-hydroxylation sites is 1. The van der Waals surface area contributed by atoms with Crippen LogP contribution in [0.5, 0.6) is 0 Å². The Bertz CT molecular complexity index is 799. The molecule has 1 aromatic heterocycles. The molecule has 0 bridgehead atoms. The third kappa shape index (κ3) is 4.65. The number of carbonyl (C=O) groups excluding carboxylic acids is 2. The van der Waals surface area contributed by atoms with Crippen molar-refractivity contribution >= 4 is 33.4 Å². The fourth-order valence-corrected chi connectivity index (χ4v) is 4.70. The molecule has 2 amide bonds. The van der Waals surface area contributed by atoms with E-state index in [9.17, 15) is 9.59 Å². The summed E-state index contributed by atoms with van der Waals surface area (Å²) in [5, 5.41) is 4.10. The second-order valence-corrected chi connectivity index (χ2v) is 8.78. The Labute approximate surface area is 163 Å². The Balaban J connectivity index is 1.32. The molecular formula is C20H26N4O2S. The highest BCUT2D eigenvalue weighted by Gasteiger charge is 2.28. The molecule has 1 saturated heterocycles. The van der Waals surface area contributed by atoms with E-state index in [4.69, 9.17) is 4.98 Å². The number of aromatic nitrogens is 1. The monoisotopic (exact) mass is 386 g/mol. The smallest absolute Gasteiger partial charge is 0.236 e. The highest BCUT2D eigenvalue weighted by atomic mass is 32.1. The lowest BCUT2D eigenvalue weighted by atomic mass is 9.98. The van der Waals surface area contributed by atoms with Crippen LogP contribution in [0.25, 0.3) is 10.2 Å². The zero-order chi connectivity index (χ0) is 18.8. The van der Waals surface area contributed by atoms with Crippen molar-refractivity contribution in [1.29, 1.82) is 0 Å². The van der Waals surface area contributed by atoms with E-state index in [1.807, 2.05) is 30.1 Å². The van der Waals surface area contributed by atoms with Gasteiger partial charge in [-0.15, -0.1) is 11.3 Å². The SMILES string of the molecule is CN(CC(=O)NC1CC1)CC(=O)N1CCC[C@H](c2nc3ccccc3s2)C1. The molecule has 4 rings (SSSR count). The standard InChI is InChI=1S/C20H26N4O2S/c1-23(12-18(25)21-15-8-9-15)13-19(26)24-10-4-5-14(11-24)20-22-16-6-2-3-7-17(16)27-20/h2-3,6-7,14-15H,4-5,8-13H2,1H3,(H,21,25)/t14-/m0/s1. The maximum Gasteiger partial charge on any atom is 0.236 e. The predicted molar refractivity (Wildman–Crippen MR) is 107 cm³/mol. The summed E-state index contributed by atoms with van der Waals surface area (Å²) >= 11 is 1.74. The molecule has 1 aromatic carbocycles. The minimum Gasteiger partial charge on any atom is -0.352 e. The Morgan fingerprint density at radius 3 is 2.85 bits per heavy atom. The van der Waals surface area contributed by atoms with E-state index >= 15 is 0 Å². The van der Waals surface area contributed by atoms with Crippen LogP contribution in [-0.2, 0) is 9.59 Å². The molecule has 7 heteroatoms. The van der Waals surface area contributed by atoms with Gasteiger partial charge < -0.3 is 10.2 Å². The molecule has 1 aliphatic heterocycles. The molecule has 1 N–H and O–H groups in total. The third-order valence-corrected chi connectivity index (χ3v) is 6.39. The van der Waals surface area contributed by atoms with Crippen molar-refractivity contribution < 1.29 is 9.59 Å². The van der Waals surface area contributed by atoms with Gasteiger partial charge in [-0.25, -0.2) is 4.98 Å². The van der Waals surface area contributed by atoms with Crippen molar-refractivity contribution in [3.8, 4) is 0 Å². The summed E-state index contributed by atoms with van der Waals surface area (Å²) in [4.78, 5) is 33.1. The number of carbonyl (C=O) groups is 2. The molecule has 27 heavy (non-hydrogen) atoms. The number of rotatable bonds is 6. The average molecular weight is 387 g/mol. The Hall–Kier alpha value is -1.99.